The molecule has 60 valence electrons. The number of carbonyl (C=O) groups is 1. The molecule has 0 amide bonds. The maximum atomic E-state index is 10.6. The summed E-state index contributed by atoms with van der Waals surface area (Å²) in [6.45, 7) is 0. The standard InChI is InChI=1S/C9H6ClNO/c10-7-4-11-8-3-1-2-6(5-12)9(7)8/h1-5,11H. The van der Waals surface area contributed by atoms with E-state index in [0.29, 0.717) is 10.6 Å². The number of aromatic amines is 1. The van der Waals surface area contributed by atoms with E-state index in [1.165, 1.54) is 0 Å². The van der Waals surface area contributed by atoms with Gasteiger partial charge in [-0.05, 0) is 6.07 Å². The Morgan fingerprint density at radius 1 is 1.42 bits per heavy atom. The quantitative estimate of drug-likeness (QED) is 0.671. The minimum atomic E-state index is 0.590. The molecule has 3 heteroatoms. The van der Waals surface area contributed by atoms with Crippen molar-refractivity contribution < 1.29 is 4.79 Å². The van der Waals surface area contributed by atoms with Gasteiger partial charge in [-0.1, -0.05) is 23.7 Å². The maximum absolute atomic E-state index is 10.6. The van der Waals surface area contributed by atoms with Crippen LogP contribution in [0.2, 0.25) is 5.02 Å². The van der Waals surface area contributed by atoms with Gasteiger partial charge in [0.1, 0.15) is 0 Å². The summed E-state index contributed by atoms with van der Waals surface area (Å²) in [6.07, 6.45) is 2.49. The number of hydrogen-bond acceptors (Lipinski definition) is 1. The minimum absolute atomic E-state index is 0.590. The SMILES string of the molecule is O=Cc1cccc2[nH]cc(Cl)c12. The fraction of sp³-hybridized carbons (Fsp3) is 0. The summed E-state index contributed by atoms with van der Waals surface area (Å²) in [6, 6.07) is 5.45. The van der Waals surface area contributed by atoms with Crippen molar-refractivity contribution in [1.82, 2.24) is 4.98 Å². The molecule has 0 bridgehead atoms. The Hall–Kier alpha value is -1.28. The average molecular weight is 180 g/mol. The highest BCUT2D eigenvalue weighted by Crippen LogP contribution is 2.25. The molecule has 0 saturated carbocycles. The van der Waals surface area contributed by atoms with Gasteiger partial charge in [0.2, 0.25) is 0 Å². The molecule has 0 radical (unpaired) electrons. The van der Waals surface area contributed by atoms with Gasteiger partial charge >= 0.3 is 0 Å². The van der Waals surface area contributed by atoms with Crippen LogP contribution in [-0.2, 0) is 0 Å². The second kappa shape index (κ2) is 2.64. The molecule has 1 heterocycles. The second-order valence-electron chi connectivity index (χ2n) is 2.52. The van der Waals surface area contributed by atoms with E-state index in [1.54, 1.807) is 12.3 Å². The third-order valence-corrected chi connectivity index (χ3v) is 2.11. The second-order valence-corrected chi connectivity index (χ2v) is 2.93. The van der Waals surface area contributed by atoms with Gasteiger partial charge in [-0.3, -0.25) is 4.79 Å². The van der Waals surface area contributed by atoms with Crippen molar-refractivity contribution in [3.05, 3.63) is 35.0 Å². The molecule has 1 aromatic heterocycles. The monoisotopic (exact) mass is 179 g/mol. The van der Waals surface area contributed by atoms with E-state index in [0.717, 1.165) is 17.2 Å². The van der Waals surface area contributed by atoms with E-state index in [9.17, 15) is 4.79 Å². The van der Waals surface area contributed by atoms with Crippen LogP contribution >= 0.6 is 11.6 Å². The summed E-state index contributed by atoms with van der Waals surface area (Å²) in [5.74, 6) is 0. The number of aldehydes is 1. The first-order valence-corrected chi connectivity index (χ1v) is 3.91. The summed E-state index contributed by atoms with van der Waals surface area (Å²) >= 11 is 5.87. The molecule has 2 rings (SSSR count). The Kier molecular flexibility index (Phi) is 1.62. The van der Waals surface area contributed by atoms with Crippen LogP contribution in [0, 0.1) is 0 Å². The van der Waals surface area contributed by atoms with E-state index in [2.05, 4.69) is 4.98 Å². The fourth-order valence-corrected chi connectivity index (χ4v) is 1.53. The van der Waals surface area contributed by atoms with Crippen molar-refractivity contribution in [2.24, 2.45) is 0 Å². The van der Waals surface area contributed by atoms with Crippen LogP contribution in [0.4, 0.5) is 0 Å². The first-order valence-electron chi connectivity index (χ1n) is 3.53. The van der Waals surface area contributed by atoms with Crippen LogP contribution in [0.1, 0.15) is 10.4 Å². The largest absolute Gasteiger partial charge is 0.360 e. The highest BCUT2D eigenvalue weighted by Gasteiger charge is 2.04. The lowest BCUT2D eigenvalue weighted by atomic mass is 10.1. The third kappa shape index (κ3) is 0.924. The summed E-state index contributed by atoms with van der Waals surface area (Å²) in [7, 11) is 0. The first kappa shape index (κ1) is 7.37. The molecule has 0 spiro atoms. The molecule has 0 saturated heterocycles. The summed E-state index contributed by atoms with van der Waals surface area (Å²) in [5, 5.41) is 1.39. The number of benzene rings is 1. The molecule has 0 fully saturated rings. The lowest BCUT2D eigenvalue weighted by Crippen LogP contribution is -1.79. The number of aromatic nitrogens is 1. The molecule has 0 aliphatic carbocycles. The number of fused-ring (bicyclic) bond motifs is 1. The number of nitrogens with one attached hydrogen (secondary N) is 1. The van der Waals surface area contributed by atoms with Crippen LogP contribution in [-0.4, -0.2) is 11.3 Å². The third-order valence-electron chi connectivity index (χ3n) is 1.82. The number of carbonyl (C=O) groups excluding carboxylic acids is 1. The highest BCUT2D eigenvalue weighted by atomic mass is 35.5. The first-order chi connectivity index (χ1) is 5.83. The molecular formula is C9H6ClNO. The molecule has 0 aliphatic rings. The zero-order valence-electron chi connectivity index (χ0n) is 6.17. The van der Waals surface area contributed by atoms with Gasteiger partial charge in [0, 0.05) is 22.7 Å². The molecule has 0 unspecified atom stereocenters. The molecule has 12 heavy (non-hydrogen) atoms. The van der Waals surface area contributed by atoms with Gasteiger partial charge in [-0.25, -0.2) is 0 Å². The average Bonchev–Trinajstić information content (AvgIpc) is 2.48. The van der Waals surface area contributed by atoms with Crippen molar-refractivity contribution >= 4 is 28.8 Å². The van der Waals surface area contributed by atoms with Crippen molar-refractivity contribution in [2.75, 3.05) is 0 Å². The van der Waals surface area contributed by atoms with E-state index in [-0.39, 0.29) is 0 Å². The van der Waals surface area contributed by atoms with Gasteiger partial charge in [-0.2, -0.15) is 0 Å². The molecule has 1 N–H and O–H groups in total. The van der Waals surface area contributed by atoms with Crippen molar-refractivity contribution in [2.45, 2.75) is 0 Å². The van der Waals surface area contributed by atoms with Crippen LogP contribution < -0.4 is 0 Å². The van der Waals surface area contributed by atoms with Crippen LogP contribution in [0.5, 0.6) is 0 Å². The number of halogens is 1. The lowest BCUT2D eigenvalue weighted by molar-refractivity contribution is 0.112. The smallest absolute Gasteiger partial charge is 0.150 e. The predicted octanol–water partition coefficient (Wildman–Crippen LogP) is 2.63. The van der Waals surface area contributed by atoms with Crippen LogP contribution in [0.25, 0.3) is 10.9 Å². The Balaban J connectivity index is 2.93. The Morgan fingerprint density at radius 3 is 3.00 bits per heavy atom. The Bertz CT molecular complexity index is 433. The Morgan fingerprint density at radius 2 is 2.25 bits per heavy atom. The molecular weight excluding hydrogens is 174 g/mol. The number of hydrogen-bond donors (Lipinski definition) is 1. The molecule has 2 aromatic rings. The number of H-pyrrole nitrogens is 1. The maximum Gasteiger partial charge on any atom is 0.150 e. The van der Waals surface area contributed by atoms with E-state index in [4.69, 9.17) is 11.6 Å². The van der Waals surface area contributed by atoms with Crippen molar-refractivity contribution in [1.29, 1.82) is 0 Å². The molecule has 0 aliphatic heterocycles. The van der Waals surface area contributed by atoms with Crippen LogP contribution in [0.15, 0.2) is 24.4 Å². The topological polar surface area (TPSA) is 32.9 Å². The zero-order chi connectivity index (χ0) is 8.55. The summed E-state index contributed by atoms with van der Waals surface area (Å²) in [4.78, 5) is 13.6. The van der Waals surface area contributed by atoms with Gasteiger partial charge in [0.25, 0.3) is 0 Å². The zero-order valence-corrected chi connectivity index (χ0v) is 6.93. The molecule has 0 atom stereocenters. The summed E-state index contributed by atoms with van der Waals surface area (Å²) < 4.78 is 0. The van der Waals surface area contributed by atoms with Crippen molar-refractivity contribution in [3.63, 3.8) is 0 Å². The van der Waals surface area contributed by atoms with Gasteiger partial charge in [0.05, 0.1) is 5.02 Å². The Labute approximate surface area is 74.2 Å². The van der Waals surface area contributed by atoms with Gasteiger partial charge in [-0.15, -0.1) is 0 Å². The van der Waals surface area contributed by atoms with E-state index >= 15 is 0 Å². The molecule has 2 nitrogen and oxygen atoms in total. The lowest BCUT2D eigenvalue weighted by Gasteiger charge is -1.93. The van der Waals surface area contributed by atoms with Crippen molar-refractivity contribution in [3.8, 4) is 0 Å². The predicted molar refractivity (Wildman–Crippen MR) is 48.7 cm³/mol. The van der Waals surface area contributed by atoms with E-state index < -0.39 is 0 Å². The highest BCUT2D eigenvalue weighted by molar-refractivity contribution is 6.36. The fourth-order valence-electron chi connectivity index (χ4n) is 1.27. The van der Waals surface area contributed by atoms with Gasteiger partial charge < -0.3 is 4.98 Å². The normalized spacial score (nSPS) is 10.4. The van der Waals surface area contributed by atoms with E-state index in [1.807, 2.05) is 12.1 Å². The van der Waals surface area contributed by atoms with Gasteiger partial charge in [0.15, 0.2) is 6.29 Å². The number of rotatable bonds is 1. The molecule has 1 aromatic carbocycles. The summed E-state index contributed by atoms with van der Waals surface area (Å²) in [5.41, 5.74) is 1.52. The minimum Gasteiger partial charge on any atom is -0.360 e. The van der Waals surface area contributed by atoms with Crippen LogP contribution in [0.3, 0.4) is 0 Å².